The van der Waals surface area contributed by atoms with Crippen LogP contribution in [0.1, 0.15) is 32.6 Å². The fraction of sp³-hybridized carbons (Fsp3) is 0.824. The summed E-state index contributed by atoms with van der Waals surface area (Å²) in [5.74, 6) is 4.44. The molecule has 0 spiro atoms. The second kappa shape index (κ2) is 9.46. The first-order valence-electron chi connectivity index (χ1n) is 8.59. The van der Waals surface area contributed by atoms with Gasteiger partial charge >= 0.3 is 0 Å². The van der Waals surface area contributed by atoms with Crippen LogP contribution >= 0.6 is 11.8 Å². The van der Waals surface area contributed by atoms with E-state index in [1.54, 1.807) is 0 Å². The van der Waals surface area contributed by atoms with Crippen LogP contribution in [0.15, 0.2) is 17.1 Å². The minimum absolute atomic E-state index is 0.550. The van der Waals surface area contributed by atoms with Gasteiger partial charge in [0.15, 0.2) is 5.96 Å². The van der Waals surface area contributed by atoms with Crippen molar-refractivity contribution in [3.63, 3.8) is 0 Å². The minimum atomic E-state index is 0.550. The lowest BCUT2D eigenvalue weighted by atomic mass is 10.0. The molecule has 5 heteroatoms. The number of aliphatic imine (C=N–C) groups is 1. The summed E-state index contributed by atoms with van der Waals surface area (Å²) >= 11 is 2.09. The summed E-state index contributed by atoms with van der Waals surface area (Å²) in [5, 5.41) is 7.14. The normalized spacial score (nSPS) is 22.5. The third-order valence-corrected chi connectivity index (χ3v) is 5.59. The number of rotatable bonds is 5. The first kappa shape index (κ1) is 17.7. The maximum atomic E-state index is 4.40. The van der Waals surface area contributed by atoms with Crippen LogP contribution in [0.5, 0.6) is 0 Å². The standard InChI is InChI=1S/C17H32N4S/c1-14(2)13-21-8-4-16(5-9-21)20-17(18-3)19-12-15-6-10-22-11-7-15/h15-16H,1,4-13H2,2-3H3,(H2,18,19,20). The number of piperidine rings is 1. The van der Waals surface area contributed by atoms with Crippen LogP contribution in [-0.2, 0) is 0 Å². The van der Waals surface area contributed by atoms with Gasteiger partial charge in [0.05, 0.1) is 0 Å². The zero-order chi connectivity index (χ0) is 15.8. The molecule has 0 amide bonds. The molecule has 2 heterocycles. The van der Waals surface area contributed by atoms with Crippen molar-refractivity contribution in [1.82, 2.24) is 15.5 Å². The monoisotopic (exact) mass is 324 g/mol. The summed E-state index contributed by atoms with van der Waals surface area (Å²) in [6.45, 7) is 10.5. The van der Waals surface area contributed by atoms with Crippen molar-refractivity contribution in [2.45, 2.75) is 38.6 Å². The lowest BCUT2D eigenvalue weighted by Crippen LogP contribution is -2.49. The highest BCUT2D eigenvalue weighted by Crippen LogP contribution is 2.21. The number of thioether (sulfide) groups is 1. The maximum absolute atomic E-state index is 4.40. The van der Waals surface area contributed by atoms with E-state index in [0.717, 1.165) is 38.1 Å². The number of likely N-dealkylation sites (tertiary alicyclic amines) is 1. The largest absolute Gasteiger partial charge is 0.356 e. The van der Waals surface area contributed by atoms with Crippen LogP contribution in [0.2, 0.25) is 0 Å². The van der Waals surface area contributed by atoms with Gasteiger partial charge in [-0.15, -0.1) is 0 Å². The van der Waals surface area contributed by atoms with E-state index in [-0.39, 0.29) is 0 Å². The van der Waals surface area contributed by atoms with Crippen molar-refractivity contribution in [3.8, 4) is 0 Å². The van der Waals surface area contributed by atoms with Crippen LogP contribution in [0.4, 0.5) is 0 Å². The van der Waals surface area contributed by atoms with Crippen LogP contribution in [0.25, 0.3) is 0 Å². The highest BCUT2D eigenvalue weighted by molar-refractivity contribution is 7.99. The fourth-order valence-corrected chi connectivity index (χ4v) is 4.40. The van der Waals surface area contributed by atoms with Gasteiger partial charge in [0.25, 0.3) is 0 Å². The molecule has 2 fully saturated rings. The molecule has 0 unspecified atom stereocenters. The molecule has 0 aromatic rings. The Morgan fingerprint density at radius 1 is 1.23 bits per heavy atom. The Labute approximate surface area is 140 Å². The van der Waals surface area contributed by atoms with Crippen LogP contribution in [-0.4, -0.2) is 61.6 Å². The molecule has 2 saturated heterocycles. The Kier molecular flexibility index (Phi) is 7.60. The molecule has 2 N–H and O–H groups in total. The summed E-state index contributed by atoms with van der Waals surface area (Å²) in [6.07, 6.45) is 5.06. The number of nitrogens with one attached hydrogen (secondary N) is 2. The van der Waals surface area contributed by atoms with Crippen molar-refractivity contribution < 1.29 is 0 Å². The number of nitrogens with zero attached hydrogens (tertiary/aromatic N) is 2. The Morgan fingerprint density at radius 3 is 2.50 bits per heavy atom. The van der Waals surface area contributed by atoms with Gasteiger partial charge < -0.3 is 10.6 Å². The molecule has 2 rings (SSSR count). The van der Waals surface area contributed by atoms with Crippen molar-refractivity contribution in [2.75, 3.05) is 44.7 Å². The van der Waals surface area contributed by atoms with Gasteiger partial charge in [-0.25, -0.2) is 0 Å². The number of hydrogen-bond donors (Lipinski definition) is 2. The molecule has 126 valence electrons. The molecule has 0 saturated carbocycles. The first-order chi connectivity index (χ1) is 10.7. The number of guanidine groups is 1. The third-order valence-electron chi connectivity index (χ3n) is 4.54. The molecule has 4 nitrogen and oxygen atoms in total. The van der Waals surface area contributed by atoms with Gasteiger partial charge in [0.2, 0.25) is 0 Å². The van der Waals surface area contributed by atoms with E-state index >= 15 is 0 Å². The molecule has 22 heavy (non-hydrogen) atoms. The molecule has 0 bridgehead atoms. The smallest absolute Gasteiger partial charge is 0.191 e. The average Bonchev–Trinajstić information content (AvgIpc) is 2.53. The fourth-order valence-electron chi connectivity index (χ4n) is 3.20. The molecule has 0 radical (unpaired) electrons. The van der Waals surface area contributed by atoms with E-state index in [4.69, 9.17) is 0 Å². The zero-order valence-corrected chi connectivity index (χ0v) is 15.1. The van der Waals surface area contributed by atoms with E-state index in [9.17, 15) is 0 Å². The van der Waals surface area contributed by atoms with Crippen molar-refractivity contribution in [2.24, 2.45) is 10.9 Å². The van der Waals surface area contributed by atoms with E-state index in [1.165, 1.54) is 42.8 Å². The van der Waals surface area contributed by atoms with E-state index in [0.29, 0.717) is 6.04 Å². The molecular weight excluding hydrogens is 292 g/mol. The second-order valence-electron chi connectivity index (χ2n) is 6.66. The highest BCUT2D eigenvalue weighted by atomic mass is 32.2. The third kappa shape index (κ3) is 6.21. The predicted octanol–water partition coefficient (Wildman–Crippen LogP) is 2.34. The van der Waals surface area contributed by atoms with Gasteiger partial charge in [0, 0.05) is 39.3 Å². The van der Waals surface area contributed by atoms with Gasteiger partial charge in [0.1, 0.15) is 0 Å². The predicted molar refractivity (Wildman–Crippen MR) is 98.8 cm³/mol. The van der Waals surface area contributed by atoms with Gasteiger partial charge in [-0.1, -0.05) is 12.2 Å². The quantitative estimate of drug-likeness (QED) is 0.463. The second-order valence-corrected chi connectivity index (χ2v) is 7.89. The average molecular weight is 325 g/mol. The summed E-state index contributed by atoms with van der Waals surface area (Å²) < 4.78 is 0. The zero-order valence-electron chi connectivity index (χ0n) is 14.2. The topological polar surface area (TPSA) is 39.7 Å². The van der Waals surface area contributed by atoms with Crippen LogP contribution in [0, 0.1) is 5.92 Å². The SMILES string of the molecule is C=C(C)CN1CCC(NC(=NC)NCC2CCSCC2)CC1. The molecule has 0 aromatic carbocycles. The van der Waals surface area contributed by atoms with Crippen molar-refractivity contribution >= 4 is 17.7 Å². The summed E-state index contributed by atoms with van der Waals surface area (Å²) in [6, 6.07) is 0.550. The van der Waals surface area contributed by atoms with E-state index < -0.39 is 0 Å². The summed E-state index contributed by atoms with van der Waals surface area (Å²) in [4.78, 5) is 6.89. The summed E-state index contributed by atoms with van der Waals surface area (Å²) in [5.41, 5.74) is 1.26. The summed E-state index contributed by atoms with van der Waals surface area (Å²) in [7, 11) is 1.88. The molecule has 0 aromatic heterocycles. The molecule has 2 aliphatic heterocycles. The molecular formula is C17H32N4S. The highest BCUT2D eigenvalue weighted by Gasteiger charge is 2.20. The Hall–Kier alpha value is -0.680. The van der Waals surface area contributed by atoms with E-state index in [1.807, 2.05) is 7.05 Å². The van der Waals surface area contributed by atoms with Gasteiger partial charge in [-0.2, -0.15) is 11.8 Å². The molecule has 0 aliphatic carbocycles. The Morgan fingerprint density at radius 2 is 1.91 bits per heavy atom. The number of hydrogen-bond acceptors (Lipinski definition) is 3. The molecule has 0 atom stereocenters. The van der Waals surface area contributed by atoms with Gasteiger partial charge in [-0.3, -0.25) is 9.89 Å². The lowest BCUT2D eigenvalue weighted by molar-refractivity contribution is 0.221. The minimum Gasteiger partial charge on any atom is -0.356 e. The van der Waals surface area contributed by atoms with Crippen LogP contribution < -0.4 is 10.6 Å². The Bertz CT molecular complexity index is 369. The lowest BCUT2D eigenvalue weighted by Gasteiger charge is -2.33. The van der Waals surface area contributed by atoms with Crippen molar-refractivity contribution in [3.05, 3.63) is 12.2 Å². The van der Waals surface area contributed by atoms with Crippen LogP contribution in [0.3, 0.4) is 0 Å². The first-order valence-corrected chi connectivity index (χ1v) is 9.74. The molecule has 2 aliphatic rings. The maximum Gasteiger partial charge on any atom is 0.191 e. The van der Waals surface area contributed by atoms with Gasteiger partial charge in [-0.05, 0) is 50.0 Å². The van der Waals surface area contributed by atoms with Crippen molar-refractivity contribution in [1.29, 1.82) is 0 Å². The van der Waals surface area contributed by atoms with E-state index in [2.05, 4.69) is 45.8 Å². The Balaban J connectivity index is 1.66.